The van der Waals surface area contributed by atoms with Crippen molar-refractivity contribution in [2.45, 2.75) is 24.9 Å². The van der Waals surface area contributed by atoms with E-state index in [1.165, 1.54) is 5.56 Å². The molecule has 0 saturated heterocycles. The molecule has 0 radical (unpaired) electrons. The number of pyridine rings is 1. The first kappa shape index (κ1) is 20.0. The quantitative estimate of drug-likeness (QED) is 0.548. The van der Waals surface area contributed by atoms with Gasteiger partial charge in [0.1, 0.15) is 6.21 Å². The van der Waals surface area contributed by atoms with Crippen LogP contribution in [0.2, 0.25) is 0 Å². The summed E-state index contributed by atoms with van der Waals surface area (Å²) < 4.78 is 2.00. The standard InChI is InChI=1S/C23H26N6O/c1-28(2)20(12-17-8-4-3-5-9-17)15-24-23-26-18(14-22(30)27-23)13-19-16-29-11-7-6-10-21(29)25-19/h3-11,14,16,19-20H,12-13,15H2,1-2H3,(H-,24,26,27,30)/p+1. The molecule has 4 rings (SSSR count). The van der Waals surface area contributed by atoms with Crippen molar-refractivity contribution in [3.05, 3.63) is 94.1 Å². The van der Waals surface area contributed by atoms with E-state index in [0.717, 1.165) is 17.6 Å². The van der Waals surface area contributed by atoms with E-state index in [-0.39, 0.29) is 17.6 Å². The van der Waals surface area contributed by atoms with Gasteiger partial charge in [-0.15, -0.1) is 0 Å². The molecule has 1 aliphatic rings. The summed E-state index contributed by atoms with van der Waals surface area (Å²) >= 11 is 0. The van der Waals surface area contributed by atoms with E-state index < -0.39 is 0 Å². The van der Waals surface area contributed by atoms with Gasteiger partial charge in [-0.05, 0) is 32.1 Å². The van der Waals surface area contributed by atoms with Gasteiger partial charge in [0.05, 0.1) is 11.9 Å². The molecule has 3 aromatic rings. The summed E-state index contributed by atoms with van der Waals surface area (Å²) in [7, 11) is 4.13. The molecule has 0 saturated carbocycles. The second-order valence-electron chi connectivity index (χ2n) is 7.79. The number of fused-ring (bicyclic) bond motifs is 1. The third kappa shape index (κ3) is 4.99. The first-order valence-electron chi connectivity index (χ1n) is 10.2. The van der Waals surface area contributed by atoms with Gasteiger partial charge < -0.3 is 10.2 Å². The second-order valence-corrected chi connectivity index (χ2v) is 7.79. The van der Waals surface area contributed by atoms with E-state index in [1.54, 1.807) is 6.07 Å². The molecule has 154 valence electrons. The van der Waals surface area contributed by atoms with Crippen LogP contribution in [0.15, 0.2) is 70.6 Å². The number of nitrogens with zero attached hydrogens (tertiary/aromatic N) is 4. The Kier molecular flexibility index (Phi) is 5.99. The van der Waals surface area contributed by atoms with E-state index in [9.17, 15) is 4.79 Å². The topological polar surface area (TPSA) is 79.3 Å². The highest BCUT2D eigenvalue weighted by atomic mass is 16.1. The Balaban J connectivity index is 1.44. The summed E-state index contributed by atoms with van der Waals surface area (Å²) in [5.74, 6) is 0.501. The Morgan fingerprint density at radius 3 is 2.73 bits per heavy atom. The molecule has 2 aromatic heterocycles. The third-order valence-corrected chi connectivity index (χ3v) is 5.26. The highest BCUT2D eigenvalue weighted by molar-refractivity contribution is 5.26. The Morgan fingerprint density at radius 2 is 1.97 bits per heavy atom. The Bertz CT molecular complexity index is 1140. The lowest BCUT2D eigenvalue weighted by Gasteiger charge is -2.25. The number of aromatic nitrogens is 3. The number of hydrogen-bond donors (Lipinski definition) is 2. The molecule has 2 unspecified atom stereocenters. The maximum atomic E-state index is 12.2. The number of rotatable bonds is 8. The van der Waals surface area contributed by atoms with Crippen molar-refractivity contribution in [1.82, 2.24) is 14.9 Å². The van der Waals surface area contributed by atoms with Gasteiger partial charge >= 0.3 is 5.49 Å². The molecule has 7 nitrogen and oxygen atoms in total. The maximum absolute atomic E-state index is 12.2. The van der Waals surface area contributed by atoms with Gasteiger partial charge in [0, 0.05) is 31.1 Å². The molecule has 2 N–H and O–H groups in total. The minimum absolute atomic E-state index is 0.0258. The lowest BCUT2D eigenvalue weighted by atomic mass is 10.1. The minimum atomic E-state index is -0.157. The molecule has 0 amide bonds. The zero-order chi connectivity index (χ0) is 20.9. The van der Waals surface area contributed by atoms with Gasteiger partial charge in [-0.2, -0.15) is 0 Å². The average Bonchev–Trinajstić information content (AvgIpc) is 3.13. The van der Waals surface area contributed by atoms with Crippen molar-refractivity contribution in [3.63, 3.8) is 0 Å². The summed E-state index contributed by atoms with van der Waals surface area (Å²) in [6, 6.07) is 18.1. The Hall–Kier alpha value is -3.32. The van der Waals surface area contributed by atoms with Crippen molar-refractivity contribution < 1.29 is 4.24 Å². The molecule has 30 heavy (non-hydrogen) atoms. The first-order chi connectivity index (χ1) is 14.6. The largest absolute Gasteiger partial charge is 0.354 e. The Labute approximate surface area is 175 Å². The highest BCUT2D eigenvalue weighted by Gasteiger charge is 2.20. The fraction of sp³-hybridized carbons (Fsp3) is 0.304. The number of aromatic amines is 1. The lowest BCUT2D eigenvalue weighted by molar-refractivity contribution is -0.523. The summed E-state index contributed by atoms with van der Waals surface area (Å²) in [5.41, 5.74) is 2.77. The van der Waals surface area contributed by atoms with Crippen LogP contribution in [0.3, 0.4) is 0 Å². The summed E-state index contributed by atoms with van der Waals surface area (Å²) in [4.78, 5) is 26.5. The van der Waals surface area contributed by atoms with Gasteiger partial charge in [-0.25, -0.2) is 9.23 Å². The average molecular weight is 404 g/mol. The van der Waals surface area contributed by atoms with E-state index >= 15 is 0 Å². The molecule has 0 spiro atoms. The van der Waals surface area contributed by atoms with E-state index in [1.807, 2.05) is 40.9 Å². The minimum Gasteiger partial charge on any atom is -0.354 e. The number of H-pyrrole nitrogens is 1. The van der Waals surface area contributed by atoms with E-state index in [4.69, 9.17) is 0 Å². The van der Waals surface area contributed by atoms with Gasteiger partial charge in [0.15, 0.2) is 0 Å². The molecule has 3 heterocycles. The van der Waals surface area contributed by atoms with Crippen molar-refractivity contribution >= 4 is 5.95 Å². The number of nitrogens with one attached hydrogen (secondary N) is 2. The van der Waals surface area contributed by atoms with Gasteiger partial charge in [-0.3, -0.25) is 9.78 Å². The normalized spacial score (nSPS) is 15.9. The van der Waals surface area contributed by atoms with Crippen molar-refractivity contribution in [1.29, 1.82) is 0 Å². The Morgan fingerprint density at radius 1 is 1.17 bits per heavy atom. The van der Waals surface area contributed by atoms with Crippen LogP contribution in [-0.2, 0) is 12.8 Å². The monoisotopic (exact) mass is 403 g/mol. The van der Waals surface area contributed by atoms with Crippen LogP contribution in [0, 0.1) is 6.21 Å². The molecular weight excluding hydrogens is 376 g/mol. The second kappa shape index (κ2) is 9.00. The number of anilines is 1. The lowest BCUT2D eigenvalue weighted by Crippen LogP contribution is -2.37. The molecule has 0 aliphatic carbocycles. The predicted octanol–water partition coefficient (Wildman–Crippen LogP) is 0.897. The molecule has 1 aliphatic heterocycles. The first-order valence-corrected chi connectivity index (χ1v) is 10.2. The van der Waals surface area contributed by atoms with E-state index in [2.05, 4.69) is 63.5 Å². The fourth-order valence-electron chi connectivity index (χ4n) is 3.62. The van der Waals surface area contributed by atoms with Crippen LogP contribution < -0.4 is 20.6 Å². The fourth-order valence-corrected chi connectivity index (χ4v) is 3.62. The van der Waals surface area contributed by atoms with Crippen LogP contribution >= 0.6 is 0 Å². The van der Waals surface area contributed by atoms with Gasteiger partial charge in [-0.1, -0.05) is 41.4 Å². The summed E-state index contributed by atoms with van der Waals surface area (Å²) in [6.07, 6.45) is 5.52. The van der Waals surface area contributed by atoms with Crippen molar-refractivity contribution in [2.75, 3.05) is 26.0 Å². The molecule has 2 atom stereocenters. The smallest absolute Gasteiger partial charge is 0.322 e. The zero-order valence-corrected chi connectivity index (χ0v) is 17.3. The van der Waals surface area contributed by atoms with Gasteiger partial charge in [0.2, 0.25) is 12.0 Å². The molecule has 1 aromatic carbocycles. The van der Waals surface area contributed by atoms with Crippen LogP contribution in [0.4, 0.5) is 5.95 Å². The molecule has 0 bridgehead atoms. The van der Waals surface area contributed by atoms with Gasteiger partial charge in [0.25, 0.3) is 5.56 Å². The maximum Gasteiger partial charge on any atom is 0.322 e. The van der Waals surface area contributed by atoms with E-state index in [0.29, 0.717) is 18.9 Å². The molecule has 0 fully saturated rings. The SMILES string of the molecule is CN(C)C(CNc1nc(CC2C=[n+]3ccccc3=N2)cc(=O)[nH]1)Cc1ccccc1. The number of likely N-dealkylation sites (N-methyl/N-ethyl adjacent to an activating group) is 1. The van der Waals surface area contributed by atoms with Crippen molar-refractivity contribution in [2.24, 2.45) is 4.99 Å². The van der Waals surface area contributed by atoms with Crippen molar-refractivity contribution in [3.8, 4) is 0 Å². The van der Waals surface area contributed by atoms with Crippen LogP contribution in [-0.4, -0.2) is 47.6 Å². The van der Waals surface area contributed by atoms with Crippen LogP contribution in [0.1, 0.15) is 11.3 Å². The highest BCUT2D eigenvalue weighted by Crippen LogP contribution is 2.09. The zero-order valence-electron chi connectivity index (χ0n) is 17.3. The summed E-state index contributed by atoms with van der Waals surface area (Å²) in [5, 5.41) is 3.32. The number of hydrogen-bond acceptors (Lipinski definition) is 5. The molecular formula is C23H27N6O+. The third-order valence-electron chi connectivity index (χ3n) is 5.26. The molecule has 7 heteroatoms. The van der Waals surface area contributed by atoms with Crippen LogP contribution in [0.25, 0.3) is 0 Å². The predicted molar refractivity (Wildman–Crippen MR) is 116 cm³/mol. The van der Waals surface area contributed by atoms with Crippen LogP contribution in [0.5, 0.6) is 0 Å². The number of benzene rings is 1. The summed E-state index contributed by atoms with van der Waals surface area (Å²) in [6.45, 7) is 0.676.